The van der Waals surface area contributed by atoms with E-state index >= 15 is 0 Å². The van der Waals surface area contributed by atoms with Gasteiger partial charge in [0.15, 0.2) is 6.61 Å². The van der Waals surface area contributed by atoms with Gasteiger partial charge in [0.2, 0.25) is 11.8 Å². The summed E-state index contributed by atoms with van der Waals surface area (Å²) in [6.45, 7) is 1.79. The van der Waals surface area contributed by atoms with Crippen LogP contribution in [0.5, 0.6) is 5.75 Å². The quantitative estimate of drug-likeness (QED) is 0.232. The molecule has 3 amide bonds. The number of ether oxygens (including phenoxy) is 1. The predicted octanol–water partition coefficient (Wildman–Crippen LogP) is 6.20. The third-order valence-electron chi connectivity index (χ3n) is 9.82. The average Bonchev–Trinajstić information content (AvgIpc) is 3.77. The molecular weight excluding hydrogens is 674 g/mol. The van der Waals surface area contributed by atoms with Gasteiger partial charge in [0.1, 0.15) is 5.75 Å². The fourth-order valence-electron chi connectivity index (χ4n) is 8.08. The summed E-state index contributed by atoms with van der Waals surface area (Å²) in [5.41, 5.74) is 3.29. The van der Waals surface area contributed by atoms with Crippen LogP contribution in [0.4, 0.5) is 11.4 Å². The number of H-pyrrole nitrogens is 1. The SMILES string of the molecule is Cc1ccccc1NC(=O)COc1cccc([C@@H]2c3sc(=O)[nH]c3S[C@@H]3[C@@H]4C[C@@H]([C@@H]5C(=O)N(c6ccc(Br)cc6)C(=O)[C@@H]45)[C@H]23)c1. The van der Waals surface area contributed by atoms with Crippen LogP contribution in [0, 0.1) is 36.5 Å². The fourth-order valence-corrected chi connectivity index (χ4v) is 11.2. The van der Waals surface area contributed by atoms with Crippen molar-refractivity contribution in [3.63, 3.8) is 0 Å². The van der Waals surface area contributed by atoms with Crippen LogP contribution in [0.3, 0.4) is 0 Å². The molecule has 1 saturated heterocycles. The first kappa shape index (κ1) is 28.8. The number of thioether (sulfide) groups is 1. The van der Waals surface area contributed by atoms with Crippen LogP contribution >= 0.6 is 39.0 Å². The van der Waals surface area contributed by atoms with E-state index in [9.17, 15) is 19.2 Å². The number of aryl methyl sites for hydroxylation is 1. The van der Waals surface area contributed by atoms with E-state index in [0.717, 1.165) is 37.6 Å². The number of halogens is 1. The lowest BCUT2D eigenvalue weighted by molar-refractivity contribution is -0.123. The summed E-state index contributed by atoms with van der Waals surface area (Å²) < 4.78 is 6.84. The maximum Gasteiger partial charge on any atom is 0.305 e. The molecule has 2 aliphatic heterocycles. The molecule has 1 aromatic heterocycles. The Morgan fingerprint density at radius 3 is 2.53 bits per heavy atom. The molecule has 2 saturated carbocycles. The number of hydrogen-bond donors (Lipinski definition) is 2. The molecule has 7 atom stereocenters. The molecule has 45 heavy (non-hydrogen) atoms. The molecular formula is C34H28BrN3O5S2. The molecule has 3 aromatic carbocycles. The number of carbonyl (C=O) groups excluding carboxylic acids is 3. The van der Waals surface area contributed by atoms with Crippen molar-refractivity contribution in [3.05, 3.63) is 103 Å². The van der Waals surface area contributed by atoms with Crippen molar-refractivity contribution >= 4 is 68.1 Å². The van der Waals surface area contributed by atoms with Crippen LogP contribution in [0.2, 0.25) is 0 Å². The highest BCUT2D eigenvalue weighted by atomic mass is 79.9. The van der Waals surface area contributed by atoms with Gasteiger partial charge in [0, 0.05) is 26.2 Å². The smallest absolute Gasteiger partial charge is 0.305 e. The summed E-state index contributed by atoms with van der Waals surface area (Å²) >= 11 is 6.32. The molecule has 0 radical (unpaired) electrons. The number of para-hydroxylation sites is 1. The van der Waals surface area contributed by atoms with Crippen LogP contribution in [0.1, 0.15) is 28.3 Å². The molecule has 3 fully saturated rings. The number of imide groups is 1. The van der Waals surface area contributed by atoms with Gasteiger partial charge in [0.25, 0.3) is 5.91 Å². The Morgan fingerprint density at radius 1 is 1.00 bits per heavy atom. The van der Waals surface area contributed by atoms with Crippen molar-refractivity contribution in [2.75, 3.05) is 16.8 Å². The Bertz CT molecular complexity index is 1920. The summed E-state index contributed by atoms with van der Waals surface area (Å²) in [7, 11) is 0. The number of aromatic amines is 1. The van der Waals surface area contributed by atoms with E-state index in [-0.39, 0.29) is 70.0 Å². The molecule has 0 spiro atoms. The highest BCUT2D eigenvalue weighted by Gasteiger charge is 2.69. The Kier molecular flexibility index (Phi) is 7.03. The summed E-state index contributed by atoms with van der Waals surface area (Å²) in [5, 5.41) is 3.84. The number of rotatable bonds is 6. The van der Waals surface area contributed by atoms with Gasteiger partial charge in [-0.2, -0.15) is 0 Å². The largest absolute Gasteiger partial charge is 0.484 e. The summed E-state index contributed by atoms with van der Waals surface area (Å²) in [4.78, 5) is 58.4. The summed E-state index contributed by atoms with van der Waals surface area (Å²) in [6.07, 6.45) is 0.814. The van der Waals surface area contributed by atoms with E-state index in [0.29, 0.717) is 11.4 Å². The first-order valence-electron chi connectivity index (χ1n) is 14.9. The number of aromatic nitrogens is 1. The van der Waals surface area contributed by atoms with Crippen molar-refractivity contribution in [1.82, 2.24) is 4.98 Å². The van der Waals surface area contributed by atoms with E-state index in [2.05, 4.69) is 26.2 Å². The summed E-state index contributed by atoms with van der Waals surface area (Å²) in [5.74, 6) is -0.682. The predicted molar refractivity (Wildman–Crippen MR) is 177 cm³/mol. The molecule has 3 heterocycles. The molecule has 2 aliphatic carbocycles. The second kappa shape index (κ2) is 11.0. The van der Waals surface area contributed by atoms with E-state index in [1.54, 1.807) is 11.8 Å². The Labute approximate surface area is 275 Å². The number of nitrogens with zero attached hydrogens (tertiary/aromatic N) is 1. The standard InChI is InChI=1S/C34H28BrN3O5S2/c1-16-5-2-3-8-23(16)36-24(39)15-43-20-7-4-6-17(13-20)25-26-21-14-22(29(26)44-31-30(25)45-34(42)37-31)28-27(21)32(40)38(33(28)41)19-11-9-18(35)10-12-19/h2-13,21-22,25-29H,14-15H2,1H3,(H,36,39)(H,37,42)/t21-,22-,25+,26-,27+,28+,29-/m1/s1. The lowest BCUT2D eigenvalue weighted by atomic mass is 9.68. The molecule has 4 aromatic rings. The molecule has 11 heteroatoms. The van der Waals surface area contributed by atoms with E-state index < -0.39 is 0 Å². The number of hydrogen-bond acceptors (Lipinski definition) is 7. The fraction of sp³-hybridized carbons (Fsp3) is 0.294. The third kappa shape index (κ3) is 4.70. The van der Waals surface area contributed by atoms with Crippen molar-refractivity contribution < 1.29 is 19.1 Å². The second-order valence-electron chi connectivity index (χ2n) is 12.2. The Balaban J connectivity index is 1.09. The molecule has 0 unspecified atom stereocenters. The van der Waals surface area contributed by atoms with Gasteiger partial charge in [0.05, 0.1) is 22.5 Å². The lowest BCUT2D eigenvalue weighted by Crippen LogP contribution is -2.42. The van der Waals surface area contributed by atoms with E-state index in [1.807, 2.05) is 79.7 Å². The lowest BCUT2D eigenvalue weighted by Gasteiger charge is -2.43. The topological polar surface area (TPSA) is 109 Å². The van der Waals surface area contributed by atoms with Crippen molar-refractivity contribution in [1.29, 1.82) is 0 Å². The average molecular weight is 703 g/mol. The molecule has 2 N–H and O–H groups in total. The van der Waals surface area contributed by atoms with Crippen LogP contribution in [0.15, 0.2) is 87.1 Å². The van der Waals surface area contributed by atoms with Gasteiger partial charge in [-0.1, -0.05) is 57.6 Å². The molecule has 8 nitrogen and oxygen atoms in total. The minimum atomic E-state index is -0.378. The van der Waals surface area contributed by atoms with Crippen molar-refractivity contribution in [2.24, 2.45) is 29.6 Å². The number of fused-ring (bicyclic) bond motifs is 9. The zero-order chi connectivity index (χ0) is 31.0. The number of anilines is 2. The van der Waals surface area contributed by atoms with Crippen LogP contribution in [-0.4, -0.2) is 34.6 Å². The van der Waals surface area contributed by atoms with Gasteiger partial charge in [-0.05, 0) is 84.7 Å². The molecule has 2 bridgehead atoms. The highest BCUT2D eigenvalue weighted by Crippen LogP contribution is 2.68. The van der Waals surface area contributed by atoms with Gasteiger partial charge in [-0.25, -0.2) is 0 Å². The maximum absolute atomic E-state index is 14.0. The normalized spacial score (nSPS) is 27.7. The monoisotopic (exact) mass is 701 g/mol. The highest BCUT2D eigenvalue weighted by molar-refractivity contribution is 9.10. The minimum absolute atomic E-state index is 0.00853. The van der Waals surface area contributed by atoms with Crippen LogP contribution in [0.25, 0.3) is 0 Å². The zero-order valence-electron chi connectivity index (χ0n) is 24.1. The first-order chi connectivity index (χ1) is 21.8. The molecule has 4 aliphatic rings. The maximum atomic E-state index is 14.0. The number of nitrogens with one attached hydrogen (secondary N) is 2. The Hall–Kier alpha value is -3.67. The Morgan fingerprint density at radius 2 is 1.76 bits per heavy atom. The second-order valence-corrected chi connectivity index (χ2v) is 15.3. The number of thiazole rings is 1. The van der Waals surface area contributed by atoms with Gasteiger partial charge >= 0.3 is 4.87 Å². The number of amides is 3. The van der Waals surface area contributed by atoms with Crippen molar-refractivity contribution in [3.8, 4) is 5.75 Å². The van der Waals surface area contributed by atoms with E-state index in [4.69, 9.17) is 4.74 Å². The summed E-state index contributed by atoms with van der Waals surface area (Å²) in [6, 6.07) is 22.6. The van der Waals surface area contributed by atoms with Crippen molar-refractivity contribution in [2.45, 2.75) is 29.5 Å². The van der Waals surface area contributed by atoms with Gasteiger partial charge in [-0.15, -0.1) is 11.8 Å². The number of benzene rings is 3. The molecule has 228 valence electrons. The number of carbonyl (C=O) groups is 3. The zero-order valence-corrected chi connectivity index (χ0v) is 27.3. The van der Waals surface area contributed by atoms with Crippen LogP contribution in [-0.2, 0) is 14.4 Å². The first-order valence-corrected chi connectivity index (χ1v) is 17.4. The van der Waals surface area contributed by atoms with Gasteiger partial charge in [-0.3, -0.25) is 24.1 Å². The minimum Gasteiger partial charge on any atom is -0.484 e. The van der Waals surface area contributed by atoms with E-state index in [1.165, 1.54) is 16.2 Å². The van der Waals surface area contributed by atoms with Gasteiger partial charge < -0.3 is 15.0 Å². The third-order valence-corrected chi connectivity index (χ3v) is 12.9. The van der Waals surface area contributed by atoms with Crippen LogP contribution < -0.4 is 19.8 Å². The molecule has 8 rings (SSSR count).